The third-order valence-corrected chi connectivity index (χ3v) is 4.61. The molecule has 112 valence electrons. The van der Waals surface area contributed by atoms with Crippen LogP contribution in [0.25, 0.3) is 0 Å². The Balaban J connectivity index is 1.40. The van der Waals surface area contributed by atoms with Gasteiger partial charge in [-0.1, -0.05) is 30.7 Å². The van der Waals surface area contributed by atoms with E-state index in [0.717, 1.165) is 29.7 Å². The van der Waals surface area contributed by atoms with E-state index in [1.165, 1.54) is 25.7 Å². The van der Waals surface area contributed by atoms with Crippen LogP contribution in [0.5, 0.6) is 0 Å². The number of hydrogen-bond donors (Lipinski definition) is 1. The summed E-state index contributed by atoms with van der Waals surface area (Å²) in [6.07, 6.45) is 6.81. The summed E-state index contributed by atoms with van der Waals surface area (Å²) in [5, 5.41) is 16.5. The zero-order valence-electron chi connectivity index (χ0n) is 12.0. The average molecular weight is 304 g/mol. The van der Waals surface area contributed by atoms with Gasteiger partial charge in [0.05, 0.1) is 11.7 Å². The zero-order valence-corrected chi connectivity index (χ0v) is 12.8. The minimum absolute atomic E-state index is 0.504. The van der Waals surface area contributed by atoms with E-state index in [1.807, 2.05) is 29.1 Å². The van der Waals surface area contributed by atoms with Gasteiger partial charge in [-0.15, -0.1) is 5.10 Å². The fraction of sp³-hybridized carbons (Fsp3) is 0.571. The van der Waals surface area contributed by atoms with Crippen molar-refractivity contribution in [2.45, 2.75) is 43.4 Å². The number of aromatic nitrogens is 5. The van der Waals surface area contributed by atoms with Crippen molar-refractivity contribution in [1.29, 1.82) is 0 Å². The Bertz CT molecular complexity index is 537. The van der Waals surface area contributed by atoms with Gasteiger partial charge in [0, 0.05) is 25.0 Å². The molecule has 0 unspecified atom stereocenters. The summed E-state index contributed by atoms with van der Waals surface area (Å²) in [6, 6.07) is 6.47. The molecule has 0 amide bonds. The van der Waals surface area contributed by atoms with Gasteiger partial charge in [-0.25, -0.2) is 4.68 Å². The molecule has 7 heteroatoms. The van der Waals surface area contributed by atoms with Gasteiger partial charge in [0.2, 0.25) is 5.16 Å². The molecule has 0 aromatic carbocycles. The number of thioether (sulfide) groups is 1. The van der Waals surface area contributed by atoms with Crippen molar-refractivity contribution in [3.63, 3.8) is 0 Å². The summed E-state index contributed by atoms with van der Waals surface area (Å²) in [4.78, 5) is 4.29. The Morgan fingerprint density at radius 1 is 1.29 bits per heavy atom. The second-order valence-corrected chi connectivity index (χ2v) is 6.25. The molecule has 1 fully saturated rings. The Morgan fingerprint density at radius 2 is 2.19 bits per heavy atom. The predicted molar refractivity (Wildman–Crippen MR) is 82.0 cm³/mol. The zero-order chi connectivity index (χ0) is 14.3. The van der Waals surface area contributed by atoms with Crippen molar-refractivity contribution in [3.8, 4) is 0 Å². The summed E-state index contributed by atoms with van der Waals surface area (Å²) < 4.78 is 2.01. The van der Waals surface area contributed by atoms with E-state index in [9.17, 15) is 0 Å². The van der Waals surface area contributed by atoms with Crippen LogP contribution in [-0.4, -0.2) is 37.5 Å². The number of nitrogens with zero attached hydrogens (tertiary/aromatic N) is 5. The van der Waals surface area contributed by atoms with E-state index in [0.29, 0.717) is 6.04 Å². The standard InChI is InChI=1S/C14H20N6S/c1-2-7-13(6-1)20-14(17-18-19-20)21-10-9-15-11-12-5-3-4-8-16-12/h3-5,8,13,15H,1-2,6-7,9-11H2. The fourth-order valence-corrected chi connectivity index (χ4v) is 3.43. The van der Waals surface area contributed by atoms with Crippen LogP contribution in [0, 0.1) is 0 Å². The molecule has 21 heavy (non-hydrogen) atoms. The highest BCUT2D eigenvalue weighted by Gasteiger charge is 2.21. The Kier molecular flexibility index (Phi) is 5.18. The summed E-state index contributed by atoms with van der Waals surface area (Å²) >= 11 is 1.72. The van der Waals surface area contributed by atoms with Gasteiger partial charge >= 0.3 is 0 Å². The minimum Gasteiger partial charge on any atom is -0.310 e. The number of rotatable bonds is 7. The molecule has 6 nitrogen and oxygen atoms in total. The SMILES string of the molecule is c1ccc(CNCCSc2nnnn2C2CCCC2)nc1. The highest BCUT2D eigenvalue weighted by atomic mass is 32.2. The van der Waals surface area contributed by atoms with Crippen LogP contribution >= 0.6 is 11.8 Å². The molecule has 0 bridgehead atoms. The molecular weight excluding hydrogens is 284 g/mol. The molecule has 0 aliphatic heterocycles. The summed E-state index contributed by atoms with van der Waals surface area (Å²) in [7, 11) is 0. The maximum atomic E-state index is 4.29. The molecule has 3 rings (SSSR count). The van der Waals surface area contributed by atoms with Crippen LogP contribution in [0.15, 0.2) is 29.6 Å². The van der Waals surface area contributed by atoms with Gasteiger partial charge in [-0.2, -0.15) is 0 Å². The van der Waals surface area contributed by atoms with E-state index in [1.54, 1.807) is 11.8 Å². The number of pyridine rings is 1. The quantitative estimate of drug-likeness (QED) is 0.624. The summed E-state index contributed by atoms with van der Waals surface area (Å²) in [6.45, 7) is 1.72. The second-order valence-electron chi connectivity index (χ2n) is 5.19. The highest BCUT2D eigenvalue weighted by molar-refractivity contribution is 7.99. The molecule has 1 saturated carbocycles. The van der Waals surface area contributed by atoms with Crippen molar-refractivity contribution < 1.29 is 0 Å². The molecular formula is C14H20N6S. The third-order valence-electron chi connectivity index (χ3n) is 3.68. The second kappa shape index (κ2) is 7.51. The van der Waals surface area contributed by atoms with Crippen molar-refractivity contribution >= 4 is 11.8 Å². The van der Waals surface area contributed by atoms with E-state index in [-0.39, 0.29) is 0 Å². The molecule has 0 saturated heterocycles. The van der Waals surface area contributed by atoms with Crippen LogP contribution in [0.1, 0.15) is 37.4 Å². The first kappa shape index (κ1) is 14.5. The van der Waals surface area contributed by atoms with E-state index in [2.05, 4.69) is 25.8 Å². The van der Waals surface area contributed by atoms with Gasteiger partial charge < -0.3 is 5.32 Å². The highest BCUT2D eigenvalue weighted by Crippen LogP contribution is 2.31. The Labute approximate surface area is 128 Å². The lowest BCUT2D eigenvalue weighted by atomic mass is 10.3. The predicted octanol–water partition coefficient (Wildman–Crippen LogP) is 2.07. The van der Waals surface area contributed by atoms with Crippen molar-refractivity contribution in [2.75, 3.05) is 12.3 Å². The topological polar surface area (TPSA) is 68.5 Å². The maximum absolute atomic E-state index is 4.29. The van der Waals surface area contributed by atoms with Gasteiger partial charge in [-0.3, -0.25) is 4.98 Å². The lowest BCUT2D eigenvalue weighted by Gasteiger charge is -2.10. The molecule has 0 spiro atoms. The molecule has 0 radical (unpaired) electrons. The molecule has 0 atom stereocenters. The van der Waals surface area contributed by atoms with Gasteiger partial charge in [0.1, 0.15) is 0 Å². The lowest BCUT2D eigenvalue weighted by Crippen LogP contribution is -2.17. The van der Waals surface area contributed by atoms with Crippen LogP contribution in [0.4, 0.5) is 0 Å². The molecule has 1 aliphatic carbocycles. The molecule has 2 aromatic heterocycles. The van der Waals surface area contributed by atoms with Gasteiger partial charge in [0.25, 0.3) is 0 Å². The maximum Gasteiger partial charge on any atom is 0.209 e. The fourth-order valence-electron chi connectivity index (χ4n) is 2.59. The normalized spacial score (nSPS) is 15.6. The van der Waals surface area contributed by atoms with Gasteiger partial charge in [0.15, 0.2) is 0 Å². The monoisotopic (exact) mass is 304 g/mol. The lowest BCUT2D eigenvalue weighted by molar-refractivity contribution is 0.423. The van der Waals surface area contributed by atoms with Crippen LogP contribution in [-0.2, 0) is 6.54 Å². The summed E-state index contributed by atoms with van der Waals surface area (Å²) in [5.41, 5.74) is 1.07. The number of tetrazole rings is 1. The molecule has 1 aliphatic rings. The van der Waals surface area contributed by atoms with Gasteiger partial charge in [-0.05, 0) is 35.4 Å². The van der Waals surface area contributed by atoms with E-state index >= 15 is 0 Å². The first-order valence-corrected chi connectivity index (χ1v) is 8.43. The summed E-state index contributed by atoms with van der Waals surface area (Å²) in [5.74, 6) is 0.958. The smallest absolute Gasteiger partial charge is 0.209 e. The first-order valence-electron chi connectivity index (χ1n) is 7.45. The molecule has 1 N–H and O–H groups in total. The van der Waals surface area contributed by atoms with Crippen LogP contribution in [0.2, 0.25) is 0 Å². The number of nitrogens with one attached hydrogen (secondary N) is 1. The minimum atomic E-state index is 0.504. The van der Waals surface area contributed by atoms with Crippen molar-refractivity contribution in [1.82, 2.24) is 30.5 Å². The van der Waals surface area contributed by atoms with E-state index in [4.69, 9.17) is 0 Å². The van der Waals surface area contributed by atoms with Crippen LogP contribution < -0.4 is 5.32 Å². The largest absolute Gasteiger partial charge is 0.310 e. The first-order chi connectivity index (χ1) is 10.4. The van der Waals surface area contributed by atoms with Crippen LogP contribution in [0.3, 0.4) is 0 Å². The molecule has 2 heterocycles. The number of hydrogen-bond acceptors (Lipinski definition) is 6. The Morgan fingerprint density at radius 3 is 3.00 bits per heavy atom. The third kappa shape index (κ3) is 4.01. The van der Waals surface area contributed by atoms with Crippen molar-refractivity contribution in [2.24, 2.45) is 0 Å². The average Bonchev–Trinajstić information content (AvgIpc) is 3.19. The van der Waals surface area contributed by atoms with E-state index < -0.39 is 0 Å². The molecule has 2 aromatic rings. The Hall–Kier alpha value is -1.47. The van der Waals surface area contributed by atoms with Crippen molar-refractivity contribution in [3.05, 3.63) is 30.1 Å².